The molecule has 1 unspecified atom stereocenters. The van der Waals surface area contributed by atoms with Crippen LogP contribution in [0.1, 0.15) is 26.7 Å². The molecule has 1 aliphatic rings. The number of hydrogen-bond acceptors (Lipinski definition) is 4. The number of hydrogen-bond donors (Lipinski definition) is 1. The van der Waals surface area contributed by atoms with E-state index in [2.05, 4.69) is 5.10 Å². The summed E-state index contributed by atoms with van der Waals surface area (Å²) in [5, 5.41) is 12.8. The lowest BCUT2D eigenvalue weighted by atomic mass is 10.0. The van der Waals surface area contributed by atoms with Crippen molar-refractivity contribution >= 4 is 10.0 Å². The van der Waals surface area contributed by atoms with Gasteiger partial charge in [0, 0.05) is 18.8 Å². The van der Waals surface area contributed by atoms with Crippen LogP contribution in [0.4, 0.5) is 0 Å². The number of sulfonamides is 1. The predicted octanol–water partition coefficient (Wildman–Crippen LogP) is 0.684. The van der Waals surface area contributed by atoms with Gasteiger partial charge in [0.1, 0.15) is 4.90 Å². The highest BCUT2D eigenvalue weighted by Gasteiger charge is 2.37. The lowest BCUT2D eigenvalue weighted by Gasteiger charge is -2.26. The fourth-order valence-electron chi connectivity index (χ4n) is 2.57. The molecule has 0 aromatic carbocycles. The van der Waals surface area contributed by atoms with E-state index in [4.69, 9.17) is 5.11 Å². The summed E-state index contributed by atoms with van der Waals surface area (Å²) < 4.78 is 28.2. The van der Waals surface area contributed by atoms with E-state index in [-0.39, 0.29) is 17.5 Å². The van der Waals surface area contributed by atoms with Gasteiger partial charge in [-0.2, -0.15) is 9.40 Å². The van der Waals surface area contributed by atoms with Crippen LogP contribution in [-0.2, 0) is 16.6 Å². The Bertz CT molecular complexity index is 524. The van der Waals surface area contributed by atoms with Crippen molar-refractivity contribution in [2.24, 2.45) is 5.92 Å². The Balaban J connectivity index is 2.25. The van der Waals surface area contributed by atoms with Crippen molar-refractivity contribution in [3.8, 4) is 0 Å². The van der Waals surface area contributed by atoms with Gasteiger partial charge in [-0.25, -0.2) is 8.42 Å². The van der Waals surface area contributed by atoms with Crippen LogP contribution in [0.3, 0.4) is 0 Å². The molecule has 2 rings (SSSR count). The van der Waals surface area contributed by atoms with Crippen LogP contribution in [0.5, 0.6) is 0 Å². The topological polar surface area (TPSA) is 75.4 Å². The minimum atomic E-state index is -3.46. The molecule has 0 spiro atoms. The summed E-state index contributed by atoms with van der Waals surface area (Å²) in [6, 6.07) is 0.0752. The maximum atomic E-state index is 12.6. The summed E-state index contributed by atoms with van der Waals surface area (Å²) in [5.41, 5.74) is 0. The highest BCUT2D eigenvalue weighted by Crippen LogP contribution is 2.29. The van der Waals surface area contributed by atoms with Crippen LogP contribution in [0.15, 0.2) is 17.3 Å². The molecule has 6 nitrogen and oxygen atoms in total. The van der Waals surface area contributed by atoms with Crippen molar-refractivity contribution in [1.82, 2.24) is 14.1 Å². The monoisotopic (exact) mass is 287 g/mol. The summed E-state index contributed by atoms with van der Waals surface area (Å²) in [4.78, 5) is 0.216. The van der Waals surface area contributed by atoms with Crippen molar-refractivity contribution in [2.45, 2.75) is 44.2 Å². The van der Waals surface area contributed by atoms with Crippen LogP contribution in [0.2, 0.25) is 0 Å². The number of nitrogens with zero attached hydrogens (tertiary/aromatic N) is 3. The first-order valence-electron chi connectivity index (χ1n) is 6.62. The third-order valence-electron chi connectivity index (χ3n) is 3.56. The quantitative estimate of drug-likeness (QED) is 0.864. The molecule has 19 heavy (non-hydrogen) atoms. The van der Waals surface area contributed by atoms with Crippen LogP contribution in [0, 0.1) is 5.92 Å². The van der Waals surface area contributed by atoms with E-state index in [1.807, 2.05) is 13.8 Å². The second kappa shape index (κ2) is 5.60. The molecule has 1 aromatic heterocycles. The lowest BCUT2D eigenvalue weighted by molar-refractivity contribution is 0.269. The standard InChI is InChI=1S/C12H21N3O3S/c1-10(2)12-4-3-5-15(12)19(17,18)11-8-13-14(9-11)6-7-16/h8-10,12,16H,3-7H2,1-2H3. The van der Waals surface area contributed by atoms with Gasteiger partial charge in [0.15, 0.2) is 0 Å². The summed E-state index contributed by atoms with van der Waals surface area (Å²) in [7, 11) is -3.46. The molecule has 0 aliphatic carbocycles. The molecule has 108 valence electrons. The molecule has 0 bridgehead atoms. The highest BCUT2D eigenvalue weighted by atomic mass is 32.2. The van der Waals surface area contributed by atoms with Crippen molar-refractivity contribution in [1.29, 1.82) is 0 Å². The lowest BCUT2D eigenvalue weighted by Crippen LogP contribution is -2.38. The zero-order valence-electron chi connectivity index (χ0n) is 11.4. The van der Waals surface area contributed by atoms with Gasteiger partial charge in [-0.15, -0.1) is 0 Å². The van der Waals surface area contributed by atoms with Crippen molar-refractivity contribution < 1.29 is 13.5 Å². The maximum Gasteiger partial charge on any atom is 0.246 e. The number of rotatable bonds is 5. The SMILES string of the molecule is CC(C)C1CCCN1S(=O)(=O)c1cnn(CCO)c1. The van der Waals surface area contributed by atoms with Crippen molar-refractivity contribution in [3.63, 3.8) is 0 Å². The first-order chi connectivity index (χ1) is 8.96. The van der Waals surface area contributed by atoms with E-state index >= 15 is 0 Å². The second-order valence-corrected chi connectivity index (χ2v) is 7.12. The van der Waals surface area contributed by atoms with Crippen LogP contribution in [0.25, 0.3) is 0 Å². The summed E-state index contributed by atoms with van der Waals surface area (Å²) in [6.45, 7) is 4.93. The predicted molar refractivity (Wildman–Crippen MR) is 71.1 cm³/mol. The van der Waals surface area contributed by atoms with E-state index < -0.39 is 10.0 Å². The van der Waals surface area contributed by atoms with Crippen LogP contribution in [-0.4, -0.2) is 46.8 Å². The first-order valence-corrected chi connectivity index (χ1v) is 8.06. The van der Waals surface area contributed by atoms with Gasteiger partial charge in [-0.1, -0.05) is 13.8 Å². The summed E-state index contributed by atoms with van der Waals surface area (Å²) >= 11 is 0. The van der Waals surface area contributed by atoms with Gasteiger partial charge < -0.3 is 5.11 Å². The van der Waals surface area contributed by atoms with Gasteiger partial charge in [0.2, 0.25) is 10.0 Å². The minimum Gasteiger partial charge on any atom is -0.394 e. The Morgan fingerprint density at radius 1 is 1.53 bits per heavy atom. The zero-order chi connectivity index (χ0) is 14.0. The Labute approximate surface area is 114 Å². The maximum absolute atomic E-state index is 12.6. The van der Waals surface area contributed by atoms with Gasteiger partial charge in [-0.05, 0) is 18.8 Å². The van der Waals surface area contributed by atoms with Gasteiger partial charge in [-0.3, -0.25) is 4.68 Å². The third kappa shape index (κ3) is 2.82. The van der Waals surface area contributed by atoms with E-state index in [1.54, 1.807) is 4.31 Å². The Kier molecular flexibility index (Phi) is 4.27. The van der Waals surface area contributed by atoms with Gasteiger partial charge in [0.05, 0.1) is 19.3 Å². The zero-order valence-corrected chi connectivity index (χ0v) is 12.2. The molecule has 1 fully saturated rings. The van der Waals surface area contributed by atoms with E-state index in [0.29, 0.717) is 19.0 Å². The average Bonchev–Trinajstić information content (AvgIpc) is 2.97. The molecule has 1 N–H and O–H groups in total. The van der Waals surface area contributed by atoms with Gasteiger partial charge in [0.25, 0.3) is 0 Å². The molecule has 0 amide bonds. The van der Waals surface area contributed by atoms with Crippen molar-refractivity contribution in [2.75, 3.05) is 13.2 Å². The molecule has 7 heteroatoms. The summed E-state index contributed by atoms with van der Waals surface area (Å²) in [5.74, 6) is 0.310. The minimum absolute atomic E-state index is 0.0561. The largest absolute Gasteiger partial charge is 0.394 e. The molecular weight excluding hydrogens is 266 g/mol. The molecule has 1 atom stereocenters. The molecule has 1 saturated heterocycles. The second-order valence-electron chi connectivity index (χ2n) is 5.23. The summed E-state index contributed by atoms with van der Waals surface area (Å²) in [6.07, 6.45) is 4.68. The highest BCUT2D eigenvalue weighted by molar-refractivity contribution is 7.89. The van der Waals surface area contributed by atoms with E-state index in [1.165, 1.54) is 17.1 Å². The fourth-order valence-corrected chi connectivity index (χ4v) is 4.35. The van der Waals surface area contributed by atoms with Crippen LogP contribution >= 0.6 is 0 Å². The fraction of sp³-hybridized carbons (Fsp3) is 0.750. The normalized spacial score (nSPS) is 21.4. The number of aromatic nitrogens is 2. The van der Waals surface area contributed by atoms with E-state index in [0.717, 1.165) is 12.8 Å². The Morgan fingerprint density at radius 3 is 2.89 bits per heavy atom. The third-order valence-corrected chi connectivity index (χ3v) is 5.44. The van der Waals surface area contributed by atoms with Crippen LogP contribution < -0.4 is 0 Å². The molecule has 1 aliphatic heterocycles. The number of aliphatic hydroxyl groups excluding tert-OH is 1. The molecule has 0 saturated carbocycles. The van der Waals surface area contributed by atoms with Crippen molar-refractivity contribution in [3.05, 3.63) is 12.4 Å². The Hall–Kier alpha value is -0.920. The first kappa shape index (κ1) is 14.5. The number of aliphatic hydroxyl groups is 1. The average molecular weight is 287 g/mol. The Morgan fingerprint density at radius 2 is 2.26 bits per heavy atom. The van der Waals surface area contributed by atoms with E-state index in [9.17, 15) is 8.42 Å². The smallest absolute Gasteiger partial charge is 0.246 e. The molecule has 1 aromatic rings. The molecule has 2 heterocycles. The molecule has 0 radical (unpaired) electrons. The molecular formula is C12H21N3O3S. The van der Waals surface area contributed by atoms with Gasteiger partial charge >= 0.3 is 0 Å².